The van der Waals surface area contributed by atoms with Gasteiger partial charge in [0, 0.05) is 22.6 Å². The predicted molar refractivity (Wildman–Crippen MR) is 72.3 cm³/mol. The van der Waals surface area contributed by atoms with E-state index in [1.54, 1.807) is 0 Å². The second-order valence-electron chi connectivity index (χ2n) is 4.86. The minimum absolute atomic E-state index is 0.407. The summed E-state index contributed by atoms with van der Waals surface area (Å²) in [6.45, 7) is 2.20. The van der Waals surface area contributed by atoms with E-state index in [1.165, 1.54) is 38.5 Å². The standard InChI is InChI=1S/C13H27NOS/c1-3-4-8-11-16(15)13-10-7-5-6-9-12(13)14-2/h12-14H,3-11H2,1-2H3. The number of hydrogen-bond acceptors (Lipinski definition) is 2. The van der Waals surface area contributed by atoms with Gasteiger partial charge in [-0.3, -0.25) is 4.21 Å². The van der Waals surface area contributed by atoms with Crippen LogP contribution in [0.3, 0.4) is 0 Å². The number of hydrogen-bond donors (Lipinski definition) is 1. The highest BCUT2D eigenvalue weighted by Crippen LogP contribution is 2.22. The Hall–Kier alpha value is 0.110. The Kier molecular flexibility index (Phi) is 7.30. The van der Waals surface area contributed by atoms with Crippen molar-refractivity contribution < 1.29 is 4.21 Å². The van der Waals surface area contributed by atoms with E-state index in [9.17, 15) is 4.21 Å². The van der Waals surface area contributed by atoms with Crippen LogP contribution in [-0.2, 0) is 10.8 Å². The molecule has 1 rings (SSSR count). The molecule has 0 aromatic heterocycles. The van der Waals surface area contributed by atoms with Gasteiger partial charge in [-0.25, -0.2) is 0 Å². The summed E-state index contributed by atoms with van der Waals surface area (Å²) in [7, 11) is 1.41. The zero-order valence-corrected chi connectivity index (χ0v) is 11.7. The Labute approximate surface area is 103 Å². The molecule has 1 aliphatic rings. The first-order chi connectivity index (χ1) is 7.79. The van der Waals surface area contributed by atoms with Crippen LogP contribution in [0.15, 0.2) is 0 Å². The lowest BCUT2D eigenvalue weighted by Gasteiger charge is -2.24. The molecule has 0 spiro atoms. The molecular weight excluding hydrogens is 218 g/mol. The van der Waals surface area contributed by atoms with Crippen molar-refractivity contribution in [2.45, 2.75) is 69.6 Å². The minimum atomic E-state index is -0.612. The van der Waals surface area contributed by atoms with Crippen molar-refractivity contribution in [2.24, 2.45) is 0 Å². The van der Waals surface area contributed by atoms with Crippen LogP contribution in [0.1, 0.15) is 58.3 Å². The third-order valence-electron chi connectivity index (χ3n) is 3.61. The molecule has 0 heterocycles. The summed E-state index contributed by atoms with van der Waals surface area (Å²) in [5.41, 5.74) is 0. The Balaban J connectivity index is 2.42. The Bertz CT molecular complexity index is 208. The van der Waals surface area contributed by atoms with Crippen molar-refractivity contribution >= 4 is 10.8 Å². The molecule has 0 radical (unpaired) electrons. The van der Waals surface area contributed by atoms with Gasteiger partial charge in [0.25, 0.3) is 0 Å². The summed E-state index contributed by atoms with van der Waals surface area (Å²) < 4.78 is 12.3. The predicted octanol–water partition coefficient (Wildman–Crippen LogP) is 2.85. The fraction of sp³-hybridized carbons (Fsp3) is 1.00. The summed E-state index contributed by atoms with van der Waals surface area (Å²) in [5, 5.41) is 3.78. The van der Waals surface area contributed by atoms with Crippen molar-refractivity contribution in [3.63, 3.8) is 0 Å². The van der Waals surface area contributed by atoms with E-state index in [2.05, 4.69) is 12.2 Å². The third kappa shape index (κ3) is 4.54. The van der Waals surface area contributed by atoms with Crippen LogP contribution in [0, 0.1) is 0 Å². The van der Waals surface area contributed by atoms with E-state index in [-0.39, 0.29) is 0 Å². The first-order valence-corrected chi connectivity index (χ1v) is 8.22. The Morgan fingerprint density at radius 3 is 2.62 bits per heavy atom. The van der Waals surface area contributed by atoms with Crippen LogP contribution in [0.25, 0.3) is 0 Å². The van der Waals surface area contributed by atoms with Crippen LogP contribution in [-0.4, -0.2) is 28.3 Å². The number of rotatable bonds is 6. The molecule has 0 aliphatic heterocycles. The Morgan fingerprint density at radius 1 is 1.19 bits per heavy atom. The van der Waals surface area contributed by atoms with E-state index in [1.807, 2.05) is 7.05 Å². The summed E-state index contributed by atoms with van der Waals surface area (Å²) in [5.74, 6) is 0.913. The van der Waals surface area contributed by atoms with Gasteiger partial charge < -0.3 is 5.32 Å². The maximum atomic E-state index is 12.3. The summed E-state index contributed by atoms with van der Waals surface area (Å²) >= 11 is 0. The molecule has 3 atom stereocenters. The molecule has 1 fully saturated rings. The molecule has 1 aliphatic carbocycles. The normalized spacial score (nSPS) is 28.6. The van der Waals surface area contributed by atoms with Crippen molar-refractivity contribution in [1.82, 2.24) is 5.32 Å². The molecule has 16 heavy (non-hydrogen) atoms. The van der Waals surface area contributed by atoms with Gasteiger partial charge >= 0.3 is 0 Å². The average Bonchev–Trinajstić information content (AvgIpc) is 2.54. The van der Waals surface area contributed by atoms with Gasteiger partial charge in [-0.2, -0.15) is 0 Å². The fourth-order valence-electron chi connectivity index (χ4n) is 2.56. The average molecular weight is 245 g/mol. The summed E-state index contributed by atoms with van der Waals surface area (Å²) in [6.07, 6.45) is 9.83. The summed E-state index contributed by atoms with van der Waals surface area (Å²) in [4.78, 5) is 0. The lowest BCUT2D eigenvalue weighted by molar-refractivity contribution is 0.499. The van der Waals surface area contributed by atoms with Crippen LogP contribution in [0.4, 0.5) is 0 Å². The maximum Gasteiger partial charge on any atom is 0.0501 e. The number of nitrogens with one attached hydrogen (secondary N) is 1. The van der Waals surface area contributed by atoms with Gasteiger partial charge in [0.2, 0.25) is 0 Å². The molecule has 3 unspecified atom stereocenters. The van der Waals surface area contributed by atoms with E-state index in [4.69, 9.17) is 0 Å². The molecule has 96 valence electrons. The highest BCUT2D eigenvalue weighted by molar-refractivity contribution is 7.85. The van der Waals surface area contributed by atoms with Gasteiger partial charge in [-0.05, 0) is 26.3 Å². The molecule has 0 aromatic carbocycles. The molecule has 0 amide bonds. The van der Waals surface area contributed by atoms with Crippen molar-refractivity contribution in [1.29, 1.82) is 0 Å². The van der Waals surface area contributed by atoms with Crippen LogP contribution in [0.2, 0.25) is 0 Å². The molecule has 0 aromatic rings. The van der Waals surface area contributed by atoms with Crippen molar-refractivity contribution in [3.05, 3.63) is 0 Å². The van der Waals surface area contributed by atoms with Gasteiger partial charge in [0.05, 0.1) is 5.25 Å². The number of unbranched alkanes of at least 4 members (excludes halogenated alkanes) is 2. The van der Waals surface area contributed by atoms with E-state index >= 15 is 0 Å². The fourth-order valence-corrected chi connectivity index (χ4v) is 4.42. The third-order valence-corrected chi connectivity index (χ3v) is 5.54. The molecule has 2 nitrogen and oxygen atoms in total. The Morgan fingerprint density at radius 2 is 1.94 bits per heavy atom. The first kappa shape index (κ1) is 14.2. The molecule has 1 saturated carbocycles. The van der Waals surface area contributed by atoms with Crippen molar-refractivity contribution in [3.8, 4) is 0 Å². The molecule has 0 saturated heterocycles. The molecular formula is C13H27NOS. The van der Waals surface area contributed by atoms with E-state index in [0.717, 1.165) is 18.6 Å². The molecule has 3 heteroatoms. The van der Waals surface area contributed by atoms with Gasteiger partial charge in [-0.15, -0.1) is 0 Å². The van der Waals surface area contributed by atoms with Gasteiger partial charge in [0.15, 0.2) is 0 Å². The lowest BCUT2D eigenvalue weighted by atomic mass is 10.1. The maximum absolute atomic E-state index is 12.3. The molecule has 1 N–H and O–H groups in total. The highest BCUT2D eigenvalue weighted by Gasteiger charge is 2.26. The smallest absolute Gasteiger partial charge is 0.0501 e. The minimum Gasteiger partial charge on any atom is -0.316 e. The van der Waals surface area contributed by atoms with Crippen LogP contribution >= 0.6 is 0 Å². The van der Waals surface area contributed by atoms with E-state index < -0.39 is 10.8 Å². The monoisotopic (exact) mass is 245 g/mol. The van der Waals surface area contributed by atoms with Gasteiger partial charge in [0.1, 0.15) is 0 Å². The van der Waals surface area contributed by atoms with E-state index in [0.29, 0.717) is 11.3 Å². The van der Waals surface area contributed by atoms with Crippen LogP contribution in [0.5, 0.6) is 0 Å². The second kappa shape index (κ2) is 8.24. The van der Waals surface area contributed by atoms with Crippen LogP contribution < -0.4 is 5.32 Å². The topological polar surface area (TPSA) is 29.1 Å². The zero-order chi connectivity index (χ0) is 11.8. The zero-order valence-electron chi connectivity index (χ0n) is 10.8. The highest BCUT2D eigenvalue weighted by atomic mass is 32.2. The van der Waals surface area contributed by atoms with Gasteiger partial charge in [-0.1, -0.05) is 39.0 Å². The summed E-state index contributed by atoms with van der Waals surface area (Å²) in [6, 6.07) is 0.491. The quantitative estimate of drug-likeness (QED) is 0.576. The second-order valence-corrected chi connectivity index (χ2v) is 6.64. The largest absolute Gasteiger partial charge is 0.316 e. The first-order valence-electron chi connectivity index (χ1n) is 6.84. The SMILES string of the molecule is CCCCCS(=O)C1CCCCCC1NC. The molecule has 0 bridgehead atoms. The lowest BCUT2D eigenvalue weighted by Crippen LogP contribution is -2.40. The van der Waals surface area contributed by atoms with Crippen molar-refractivity contribution in [2.75, 3.05) is 12.8 Å².